The summed E-state index contributed by atoms with van der Waals surface area (Å²) in [5.41, 5.74) is 0.193. The molecule has 1 N–H and O–H groups in total. The van der Waals surface area contributed by atoms with Gasteiger partial charge in [0.25, 0.3) is 11.5 Å². The Morgan fingerprint density at radius 3 is 2.54 bits per heavy atom. The standard InChI is InChI=1S/C23H17ClF2N6O2S/c1-13-20(22(34)32(30(13)2)14-7-4-3-5-8-14)28-21(33)16-12-19-27-15(17-9-6-10-35-17)11-18(23(24,25)26)31(19)29-16/h3-12H,1-2H3,(H,28,33). The quantitative estimate of drug-likeness (QED) is 0.341. The topological polar surface area (TPSA) is 86.2 Å². The third-order valence-corrected chi connectivity index (χ3v) is 6.60. The van der Waals surface area contributed by atoms with Crippen molar-refractivity contribution in [2.75, 3.05) is 5.32 Å². The van der Waals surface area contributed by atoms with Gasteiger partial charge in [-0.05, 0) is 48.2 Å². The molecule has 4 aromatic heterocycles. The van der Waals surface area contributed by atoms with E-state index in [0.717, 1.165) is 10.6 Å². The number of halogens is 3. The number of nitrogens with zero attached hydrogens (tertiary/aromatic N) is 5. The van der Waals surface area contributed by atoms with Crippen LogP contribution in [0.15, 0.2) is 64.8 Å². The maximum atomic E-state index is 14.2. The van der Waals surface area contributed by atoms with Crippen molar-refractivity contribution in [2.24, 2.45) is 7.05 Å². The number of carbonyl (C=O) groups is 1. The Kier molecular flexibility index (Phi) is 5.53. The summed E-state index contributed by atoms with van der Waals surface area (Å²) >= 11 is 6.67. The van der Waals surface area contributed by atoms with E-state index in [-0.39, 0.29) is 22.7 Å². The number of rotatable bonds is 5. The monoisotopic (exact) mass is 514 g/mol. The molecule has 0 unspecified atom stereocenters. The van der Waals surface area contributed by atoms with Gasteiger partial charge in [0.2, 0.25) is 0 Å². The number of aromatic nitrogens is 5. The highest BCUT2D eigenvalue weighted by Gasteiger charge is 2.33. The molecule has 0 aliphatic heterocycles. The number of hydrogen-bond acceptors (Lipinski definition) is 5. The molecular weight excluding hydrogens is 498 g/mol. The van der Waals surface area contributed by atoms with Crippen molar-refractivity contribution >= 4 is 40.2 Å². The number of benzene rings is 1. The molecule has 8 nitrogen and oxygen atoms in total. The van der Waals surface area contributed by atoms with Crippen molar-refractivity contribution in [3.8, 4) is 16.3 Å². The van der Waals surface area contributed by atoms with Crippen LogP contribution in [0.3, 0.4) is 0 Å². The lowest BCUT2D eigenvalue weighted by Crippen LogP contribution is -2.23. The highest BCUT2D eigenvalue weighted by molar-refractivity contribution is 7.13. The largest absolute Gasteiger partial charge is 0.364 e. The van der Waals surface area contributed by atoms with E-state index in [9.17, 15) is 18.4 Å². The zero-order valence-electron chi connectivity index (χ0n) is 18.4. The summed E-state index contributed by atoms with van der Waals surface area (Å²) in [5, 5.41) is 4.62. The summed E-state index contributed by atoms with van der Waals surface area (Å²) in [6.07, 6.45) is 0. The van der Waals surface area contributed by atoms with Crippen molar-refractivity contribution in [1.82, 2.24) is 24.0 Å². The van der Waals surface area contributed by atoms with Crippen molar-refractivity contribution in [3.63, 3.8) is 0 Å². The lowest BCUT2D eigenvalue weighted by atomic mass is 10.2. The van der Waals surface area contributed by atoms with Gasteiger partial charge in [-0.2, -0.15) is 13.9 Å². The Morgan fingerprint density at radius 2 is 1.89 bits per heavy atom. The number of nitrogens with one attached hydrogen (secondary N) is 1. The van der Waals surface area contributed by atoms with Gasteiger partial charge in [0.15, 0.2) is 11.3 Å². The Hall–Kier alpha value is -3.83. The van der Waals surface area contributed by atoms with Gasteiger partial charge in [0, 0.05) is 13.1 Å². The predicted molar refractivity (Wildman–Crippen MR) is 130 cm³/mol. The number of hydrogen-bond donors (Lipinski definition) is 1. The van der Waals surface area contributed by atoms with E-state index in [1.54, 1.807) is 60.4 Å². The van der Waals surface area contributed by atoms with Gasteiger partial charge in [-0.3, -0.25) is 14.3 Å². The fourth-order valence-electron chi connectivity index (χ4n) is 3.73. The molecule has 12 heteroatoms. The summed E-state index contributed by atoms with van der Waals surface area (Å²) in [7, 11) is 1.69. The molecule has 5 aromatic rings. The van der Waals surface area contributed by atoms with Crippen LogP contribution in [0.4, 0.5) is 14.5 Å². The molecule has 0 aliphatic carbocycles. The van der Waals surface area contributed by atoms with Crippen LogP contribution in [-0.2, 0) is 12.4 Å². The Labute approximate surface area is 206 Å². The normalized spacial score (nSPS) is 11.8. The molecular formula is C23H17ClF2N6O2S. The second-order valence-corrected chi connectivity index (χ2v) is 9.11. The summed E-state index contributed by atoms with van der Waals surface area (Å²) in [5.74, 6) is -0.747. The van der Waals surface area contributed by atoms with Crippen LogP contribution in [0.5, 0.6) is 0 Å². The minimum absolute atomic E-state index is 0.0165. The minimum atomic E-state index is -3.76. The van der Waals surface area contributed by atoms with Gasteiger partial charge in [0.1, 0.15) is 11.4 Å². The summed E-state index contributed by atoms with van der Waals surface area (Å²) in [6, 6.07) is 14.9. The molecule has 0 aliphatic rings. The van der Waals surface area contributed by atoms with Crippen LogP contribution >= 0.6 is 22.9 Å². The summed E-state index contributed by atoms with van der Waals surface area (Å²) in [6.45, 7) is 1.68. The number of alkyl halides is 3. The summed E-state index contributed by atoms with van der Waals surface area (Å²) < 4.78 is 32.3. The van der Waals surface area contributed by atoms with Crippen LogP contribution < -0.4 is 10.9 Å². The second kappa shape index (κ2) is 8.43. The van der Waals surface area contributed by atoms with E-state index in [4.69, 9.17) is 11.6 Å². The molecule has 0 saturated heterocycles. The van der Waals surface area contributed by atoms with E-state index < -0.39 is 22.5 Å². The molecule has 178 valence electrons. The molecule has 5 rings (SSSR count). The average molecular weight is 515 g/mol. The first-order chi connectivity index (χ1) is 16.6. The number of amides is 1. The Balaban J connectivity index is 1.56. The first-order valence-corrected chi connectivity index (χ1v) is 11.6. The van der Waals surface area contributed by atoms with Crippen molar-refractivity contribution in [3.05, 3.63) is 87.4 Å². The molecule has 0 bridgehead atoms. The molecule has 0 radical (unpaired) electrons. The van der Waals surface area contributed by atoms with Crippen LogP contribution in [0.2, 0.25) is 0 Å². The van der Waals surface area contributed by atoms with Crippen molar-refractivity contribution in [2.45, 2.75) is 12.3 Å². The Bertz CT molecular complexity index is 1620. The van der Waals surface area contributed by atoms with Crippen LogP contribution in [0, 0.1) is 6.92 Å². The van der Waals surface area contributed by atoms with Crippen LogP contribution in [0.25, 0.3) is 21.9 Å². The molecule has 1 amide bonds. The van der Waals surface area contributed by atoms with Crippen LogP contribution in [0.1, 0.15) is 21.9 Å². The first kappa shape index (κ1) is 22.9. The number of para-hydroxylation sites is 1. The SMILES string of the molecule is Cc1c(NC(=O)c2cc3nc(-c4cccs4)cc(C(F)(F)Cl)n3n2)c(=O)n(-c2ccccc2)n1C. The van der Waals surface area contributed by atoms with E-state index in [2.05, 4.69) is 15.4 Å². The van der Waals surface area contributed by atoms with E-state index >= 15 is 0 Å². The van der Waals surface area contributed by atoms with Crippen LogP contribution in [-0.4, -0.2) is 29.9 Å². The third kappa shape index (κ3) is 4.02. The first-order valence-electron chi connectivity index (χ1n) is 10.3. The smallest absolute Gasteiger partial charge is 0.314 e. The highest BCUT2D eigenvalue weighted by atomic mass is 35.5. The number of anilines is 1. The highest BCUT2D eigenvalue weighted by Crippen LogP contribution is 2.35. The molecule has 35 heavy (non-hydrogen) atoms. The molecule has 1 aromatic carbocycles. The molecule has 0 spiro atoms. The van der Waals surface area contributed by atoms with Gasteiger partial charge >= 0.3 is 5.38 Å². The van der Waals surface area contributed by atoms with Gasteiger partial charge < -0.3 is 5.32 Å². The molecule has 0 saturated carbocycles. The second-order valence-electron chi connectivity index (χ2n) is 7.69. The number of thiophene rings is 1. The van der Waals surface area contributed by atoms with E-state index in [1.165, 1.54) is 22.1 Å². The lowest BCUT2D eigenvalue weighted by Gasteiger charge is -2.11. The lowest BCUT2D eigenvalue weighted by molar-refractivity contribution is 0.0869. The molecule has 0 atom stereocenters. The summed E-state index contributed by atoms with van der Waals surface area (Å²) in [4.78, 5) is 31.1. The predicted octanol–water partition coefficient (Wildman–Crippen LogP) is 4.80. The fraction of sp³-hybridized carbons (Fsp3) is 0.130. The van der Waals surface area contributed by atoms with Gasteiger partial charge in [-0.1, -0.05) is 24.3 Å². The number of carbonyl (C=O) groups excluding carboxylic acids is 1. The Morgan fingerprint density at radius 1 is 1.14 bits per heavy atom. The maximum absolute atomic E-state index is 14.2. The maximum Gasteiger partial charge on any atom is 0.364 e. The van der Waals surface area contributed by atoms with Gasteiger partial charge in [0.05, 0.1) is 22.0 Å². The molecule has 4 heterocycles. The fourth-order valence-corrected chi connectivity index (χ4v) is 4.55. The number of fused-ring (bicyclic) bond motifs is 1. The molecule has 0 fully saturated rings. The van der Waals surface area contributed by atoms with Gasteiger partial charge in [-0.15, -0.1) is 11.3 Å². The zero-order chi connectivity index (χ0) is 24.9. The zero-order valence-corrected chi connectivity index (χ0v) is 19.9. The average Bonchev–Trinajstić information content (AvgIpc) is 3.55. The van der Waals surface area contributed by atoms with E-state index in [0.29, 0.717) is 16.3 Å². The minimum Gasteiger partial charge on any atom is -0.314 e. The van der Waals surface area contributed by atoms with Crippen molar-refractivity contribution in [1.29, 1.82) is 0 Å². The van der Waals surface area contributed by atoms with E-state index in [1.807, 2.05) is 6.07 Å². The van der Waals surface area contributed by atoms with Gasteiger partial charge in [-0.25, -0.2) is 14.2 Å². The third-order valence-electron chi connectivity index (χ3n) is 5.52. The van der Waals surface area contributed by atoms with Crippen molar-refractivity contribution < 1.29 is 13.6 Å².